The zero-order chi connectivity index (χ0) is 14.9. The summed E-state index contributed by atoms with van der Waals surface area (Å²) in [5.74, 6) is 1.99. The molecule has 3 heteroatoms. The van der Waals surface area contributed by atoms with E-state index < -0.39 is 0 Å². The fourth-order valence-electron chi connectivity index (χ4n) is 2.32. The van der Waals surface area contributed by atoms with Crippen molar-refractivity contribution in [3.05, 3.63) is 60.2 Å². The Morgan fingerprint density at radius 1 is 0.952 bits per heavy atom. The predicted octanol–water partition coefficient (Wildman–Crippen LogP) is 3.28. The second kappa shape index (κ2) is 8.32. The molecule has 1 atom stereocenters. The van der Waals surface area contributed by atoms with E-state index in [9.17, 15) is 0 Å². The highest BCUT2D eigenvalue weighted by molar-refractivity contribution is 5.39. The molecule has 0 radical (unpaired) electrons. The maximum Gasteiger partial charge on any atom is 0.161 e. The van der Waals surface area contributed by atoms with E-state index in [1.165, 1.54) is 5.56 Å². The van der Waals surface area contributed by atoms with Gasteiger partial charge >= 0.3 is 0 Å². The molecule has 0 saturated heterocycles. The van der Waals surface area contributed by atoms with E-state index in [-0.39, 0.29) is 0 Å². The van der Waals surface area contributed by atoms with Gasteiger partial charge in [0.2, 0.25) is 0 Å². The van der Waals surface area contributed by atoms with Crippen LogP contribution < -0.4 is 15.2 Å². The van der Waals surface area contributed by atoms with E-state index in [0.29, 0.717) is 19.1 Å². The highest BCUT2D eigenvalue weighted by Gasteiger charge is 2.09. The average Bonchev–Trinajstić information content (AvgIpc) is 2.55. The van der Waals surface area contributed by atoms with Gasteiger partial charge in [0.05, 0.1) is 13.7 Å². The first-order valence-electron chi connectivity index (χ1n) is 7.33. The third-order valence-electron chi connectivity index (χ3n) is 3.55. The Labute approximate surface area is 126 Å². The van der Waals surface area contributed by atoms with E-state index in [1.807, 2.05) is 30.3 Å². The first-order chi connectivity index (χ1) is 10.3. The second-order valence-electron chi connectivity index (χ2n) is 5.08. The van der Waals surface area contributed by atoms with Gasteiger partial charge in [-0.2, -0.15) is 0 Å². The molecule has 21 heavy (non-hydrogen) atoms. The summed E-state index contributed by atoms with van der Waals surface area (Å²) in [6.07, 6.45) is 1.93. The van der Waals surface area contributed by atoms with Crippen LogP contribution in [0.3, 0.4) is 0 Å². The Balaban J connectivity index is 1.83. The van der Waals surface area contributed by atoms with Crippen molar-refractivity contribution >= 4 is 0 Å². The number of hydrogen-bond donors (Lipinski definition) is 1. The summed E-state index contributed by atoms with van der Waals surface area (Å²) in [6, 6.07) is 18.2. The SMILES string of the molecule is COc1ccccc1OCCC(CN)Cc1ccccc1. The Kier molecular flexibility index (Phi) is 6.10. The van der Waals surface area contributed by atoms with Crippen molar-refractivity contribution in [2.75, 3.05) is 20.3 Å². The van der Waals surface area contributed by atoms with Crippen LogP contribution in [0.4, 0.5) is 0 Å². The molecule has 0 heterocycles. The van der Waals surface area contributed by atoms with Crippen LogP contribution in [-0.4, -0.2) is 20.3 Å². The minimum atomic E-state index is 0.433. The van der Waals surface area contributed by atoms with Gasteiger partial charge in [-0.05, 0) is 43.0 Å². The standard InChI is InChI=1S/C18H23NO2/c1-20-17-9-5-6-10-18(17)21-12-11-16(14-19)13-15-7-3-2-4-8-15/h2-10,16H,11-14,19H2,1H3. The summed E-state index contributed by atoms with van der Waals surface area (Å²) in [5, 5.41) is 0. The number of hydrogen-bond acceptors (Lipinski definition) is 3. The van der Waals surface area contributed by atoms with Crippen molar-refractivity contribution in [2.24, 2.45) is 11.7 Å². The van der Waals surface area contributed by atoms with Crippen molar-refractivity contribution in [1.82, 2.24) is 0 Å². The first kappa shape index (κ1) is 15.4. The highest BCUT2D eigenvalue weighted by Crippen LogP contribution is 2.26. The summed E-state index contributed by atoms with van der Waals surface area (Å²) in [5.41, 5.74) is 7.20. The highest BCUT2D eigenvalue weighted by atomic mass is 16.5. The molecule has 0 fully saturated rings. The first-order valence-corrected chi connectivity index (χ1v) is 7.33. The van der Waals surface area contributed by atoms with Crippen LogP contribution in [0.1, 0.15) is 12.0 Å². The van der Waals surface area contributed by atoms with E-state index in [2.05, 4.69) is 24.3 Å². The molecule has 3 nitrogen and oxygen atoms in total. The van der Waals surface area contributed by atoms with E-state index in [1.54, 1.807) is 7.11 Å². The molecule has 2 rings (SSSR count). The fourth-order valence-corrected chi connectivity index (χ4v) is 2.32. The Morgan fingerprint density at radius 3 is 2.29 bits per heavy atom. The number of benzene rings is 2. The lowest BCUT2D eigenvalue weighted by atomic mass is 9.97. The van der Waals surface area contributed by atoms with Gasteiger partial charge < -0.3 is 15.2 Å². The molecule has 1 unspecified atom stereocenters. The molecule has 0 aliphatic carbocycles. The zero-order valence-corrected chi connectivity index (χ0v) is 12.5. The number of para-hydroxylation sites is 2. The molecule has 112 valence electrons. The number of ether oxygens (including phenoxy) is 2. The molecule has 2 aromatic carbocycles. The number of nitrogens with two attached hydrogens (primary N) is 1. The monoisotopic (exact) mass is 285 g/mol. The minimum Gasteiger partial charge on any atom is -0.493 e. The topological polar surface area (TPSA) is 44.5 Å². The summed E-state index contributed by atoms with van der Waals surface area (Å²) in [6.45, 7) is 1.32. The van der Waals surface area contributed by atoms with Gasteiger partial charge in [-0.15, -0.1) is 0 Å². The van der Waals surface area contributed by atoms with Crippen LogP contribution >= 0.6 is 0 Å². The van der Waals surface area contributed by atoms with E-state index in [0.717, 1.165) is 24.3 Å². The molecule has 0 bridgehead atoms. The molecule has 0 saturated carbocycles. The lowest BCUT2D eigenvalue weighted by Crippen LogP contribution is -2.19. The lowest BCUT2D eigenvalue weighted by molar-refractivity contribution is 0.264. The third-order valence-corrected chi connectivity index (χ3v) is 3.55. The van der Waals surface area contributed by atoms with E-state index in [4.69, 9.17) is 15.2 Å². The van der Waals surface area contributed by atoms with Gasteiger partial charge in [0.1, 0.15) is 0 Å². The molecule has 2 N–H and O–H groups in total. The van der Waals surface area contributed by atoms with Gasteiger partial charge in [0.25, 0.3) is 0 Å². The molecule has 0 amide bonds. The van der Waals surface area contributed by atoms with Crippen LogP contribution in [-0.2, 0) is 6.42 Å². The maximum atomic E-state index is 5.88. The van der Waals surface area contributed by atoms with Crippen molar-refractivity contribution in [3.8, 4) is 11.5 Å². The van der Waals surface area contributed by atoms with Gasteiger partial charge in [0, 0.05) is 0 Å². The molecule has 0 aliphatic heterocycles. The molecule has 0 spiro atoms. The van der Waals surface area contributed by atoms with Gasteiger partial charge in [-0.25, -0.2) is 0 Å². The third kappa shape index (κ3) is 4.80. The quantitative estimate of drug-likeness (QED) is 0.809. The van der Waals surface area contributed by atoms with Crippen LogP contribution in [0, 0.1) is 5.92 Å². The summed E-state index contributed by atoms with van der Waals surface area (Å²) >= 11 is 0. The summed E-state index contributed by atoms with van der Waals surface area (Å²) < 4.78 is 11.1. The minimum absolute atomic E-state index is 0.433. The zero-order valence-electron chi connectivity index (χ0n) is 12.5. The van der Waals surface area contributed by atoms with Crippen LogP contribution in [0.2, 0.25) is 0 Å². The van der Waals surface area contributed by atoms with Gasteiger partial charge in [-0.1, -0.05) is 42.5 Å². The number of methoxy groups -OCH3 is 1. The molecule has 0 aliphatic rings. The van der Waals surface area contributed by atoms with Crippen molar-refractivity contribution in [2.45, 2.75) is 12.8 Å². The largest absolute Gasteiger partial charge is 0.493 e. The second-order valence-corrected chi connectivity index (χ2v) is 5.08. The van der Waals surface area contributed by atoms with Crippen LogP contribution in [0.25, 0.3) is 0 Å². The fraction of sp³-hybridized carbons (Fsp3) is 0.333. The summed E-state index contributed by atoms with van der Waals surface area (Å²) in [4.78, 5) is 0. The molecule has 2 aromatic rings. The van der Waals surface area contributed by atoms with Crippen molar-refractivity contribution in [3.63, 3.8) is 0 Å². The lowest BCUT2D eigenvalue weighted by Gasteiger charge is -2.16. The van der Waals surface area contributed by atoms with Gasteiger partial charge in [0.15, 0.2) is 11.5 Å². The smallest absolute Gasteiger partial charge is 0.161 e. The van der Waals surface area contributed by atoms with Crippen molar-refractivity contribution in [1.29, 1.82) is 0 Å². The van der Waals surface area contributed by atoms with Gasteiger partial charge in [-0.3, -0.25) is 0 Å². The summed E-state index contributed by atoms with van der Waals surface area (Å²) in [7, 11) is 1.65. The van der Waals surface area contributed by atoms with Crippen LogP contribution in [0.15, 0.2) is 54.6 Å². The predicted molar refractivity (Wildman–Crippen MR) is 85.8 cm³/mol. The number of rotatable bonds is 8. The van der Waals surface area contributed by atoms with Crippen molar-refractivity contribution < 1.29 is 9.47 Å². The Hall–Kier alpha value is -2.00. The molecular formula is C18H23NO2. The normalized spacial score (nSPS) is 11.9. The van der Waals surface area contributed by atoms with E-state index >= 15 is 0 Å². The average molecular weight is 285 g/mol. The maximum absolute atomic E-state index is 5.88. The molecular weight excluding hydrogens is 262 g/mol. The Morgan fingerprint density at radius 2 is 1.62 bits per heavy atom. The Bertz CT molecular complexity index is 528. The molecule has 0 aromatic heterocycles. The van der Waals surface area contributed by atoms with Crippen LogP contribution in [0.5, 0.6) is 11.5 Å².